The molecular formula is C22H22N2O3S. The van der Waals surface area contributed by atoms with Crippen molar-refractivity contribution in [1.29, 1.82) is 0 Å². The van der Waals surface area contributed by atoms with Gasteiger partial charge in [0.05, 0.1) is 16.5 Å². The second kappa shape index (κ2) is 8.19. The molecule has 0 aliphatic carbocycles. The van der Waals surface area contributed by atoms with E-state index in [0.29, 0.717) is 16.5 Å². The molecule has 0 saturated heterocycles. The second-order valence-electron chi connectivity index (χ2n) is 6.95. The van der Waals surface area contributed by atoms with Crippen LogP contribution in [0.4, 0.5) is 0 Å². The van der Waals surface area contributed by atoms with Gasteiger partial charge in [-0.15, -0.1) is 11.8 Å². The van der Waals surface area contributed by atoms with Crippen LogP contribution in [0, 0.1) is 0 Å². The summed E-state index contributed by atoms with van der Waals surface area (Å²) in [6.45, 7) is 0.933. The Hall–Kier alpha value is -2.60. The van der Waals surface area contributed by atoms with E-state index in [4.69, 9.17) is 4.74 Å². The number of benzene rings is 2. The summed E-state index contributed by atoms with van der Waals surface area (Å²) in [6, 6.07) is 12.9. The van der Waals surface area contributed by atoms with Crippen molar-refractivity contribution in [3.8, 4) is 0 Å². The number of nitrogens with zero attached hydrogens (tertiary/aromatic N) is 2. The summed E-state index contributed by atoms with van der Waals surface area (Å²) in [6.07, 6.45) is 5.96. The minimum absolute atomic E-state index is 0.0179. The lowest BCUT2D eigenvalue weighted by molar-refractivity contribution is 0.0473. The maximum atomic E-state index is 12.8. The molecule has 0 saturated carbocycles. The molecule has 0 atom stereocenters. The number of esters is 1. The van der Waals surface area contributed by atoms with E-state index in [9.17, 15) is 9.59 Å². The zero-order valence-corrected chi connectivity index (χ0v) is 16.6. The first-order valence-corrected chi connectivity index (χ1v) is 10.7. The third kappa shape index (κ3) is 3.83. The maximum absolute atomic E-state index is 12.8. The highest BCUT2D eigenvalue weighted by Crippen LogP contribution is 2.18. The Morgan fingerprint density at radius 1 is 1.14 bits per heavy atom. The monoisotopic (exact) mass is 394 g/mol. The van der Waals surface area contributed by atoms with Crippen LogP contribution in [0.15, 0.2) is 52.2 Å². The molecule has 0 unspecified atom stereocenters. The number of thioether (sulfide) groups is 1. The Labute approximate surface area is 167 Å². The standard InChI is InChI=1S/C22H22N2O3S/c1-28-17-9-6-15(7-10-17)14-27-22(26)16-8-11-18-19(13-16)23-20-5-3-2-4-12-24(20)21(18)25/h6-11,13H,2-5,12,14H2,1H3. The molecule has 0 bridgehead atoms. The molecule has 4 rings (SSSR count). The van der Waals surface area contributed by atoms with E-state index in [-0.39, 0.29) is 12.2 Å². The van der Waals surface area contributed by atoms with Crippen molar-refractivity contribution in [2.45, 2.75) is 43.7 Å². The van der Waals surface area contributed by atoms with Crippen LogP contribution in [0.2, 0.25) is 0 Å². The van der Waals surface area contributed by atoms with E-state index in [1.165, 1.54) is 4.90 Å². The molecule has 6 heteroatoms. The lowest BCUT2D eigenvalue weighted by Gasteiger charge is -2.11. The van der Waals surface area contributed by atoms with Gasteiger partial charge < -0.3 is 4.74 Å². The zero-order valence-electron chi connectivity index (χ0n) is 15.8. The van der Waals surface area contributed by atoms with Crippen molar-refractivity contribution in [2.75, 3.05) is 6.26 Å². The Kier molecular flexibility index (Phi) is 5.48. The van der Waals surface area contributed by atoms with Crippen molar-refractivity contribution in [3.63, 3.8) is 0 Å². The van der Waals surface area contributed by atoms with Crippen LogP contribution in [-0.4, -0.2) is 21.8 Å². The second-order valence-corrected chi connectivity index (χ2v) is 7.83. The van der Waals surface area contributed by atoms with Gasteiger partial charge >= 0.3 is 5.97 Å². The molecule has 0 radical (unpaired) electrons. The number of fused-ring (bicyclic) bond motifs is 2. The van der Waals surface area contributed by atoms with Gasteiger partial charge in [0.1, 0.15) is 12.4 Å². The SMILES string of the molecule is CSc1ccc(COC(=O)c2ccc3c(=O)n4c(nc3c2)CCCCC4)cc1. The number of carbonyl (C=O) groups excluding carboxylic acids is 1. The van der Waals surface area contributed by atoms with E-state index in [1.807, 2.05) is 30.5 Å². The number of hydrogen-bond acceptors (Lipinski definition) is 5. The molecule has 0 N–H and O–H groups in total. The Morgan fingerprint density at radius 3 is 2.75 bits per heavy atom. The minimum atomic E-state index is -0.410. The molecule has 2 heterocycles. The van der Waals surface area contributed by atoms with E-state index in [2.05, 4.69) is 4.98 Å². The molecule has 0 amide bonds. The molecular weight excluding hydrogens is 372 g/mol. The summed E-state index contributed by atoms with van der Waals surface area (Å²) in [4.78, 5) is 31.1. The lowest BCUT2D eigenvalue weighted by atomic mass is 10.1. The van der Waals surface area contributed by atoms with Gasteiger partial charge in [0.15, 0.2) is 0 Å². The molecule has 5 nitrogen and oxygen atoms in total. The summed E-state index contributed by atoms with van der Waals surface area (Å²) in [5.74, 6) is 0.405. The van der Waals surface area contributed by atoms with Crippen LogP contribution in [0.25, 0.3) is 10.9 Å². The fourth-order valence-electron chi connectivity index (χ4n) is 3.50. The van der Waals surface area contributed by atoms with E-state index in [1.54, 1.807) is 34.5 Å². The predicted octanol–water partition coefficient (Wildman–Crippen LogP) is 4.20. The maximum Gasteiger partial charge on any atom is 0.338 e. The number of rotatable bonds is 4. The van der Waals surface area contributed by atoms with Crippen LogP contribution < -0.4 is 5.56 Å². The van der Waals surface area contributed by atoms with Crippen LogP contribution in [0.3, 0.4) is 0 Å². The van der Waals surface area contributed by atoms with Gasteiger partial charge in [0, 0.05) is 17.9 Å². The minimum Gasteiger partial charge on any atom is -0.457 e. The third-order valence-corrected chi connectivity index (χ3v) is 5.82. The smallest absolute Gasteiger partial charge is 0.338 e. The average molecular weight is 394 g/mol. The molecule has 3 aromatic rings. The van der Waals surface area contributed by atoms with Crippen molar-refractivity contribution >= 4 is 28.6 Å². The number of aryl methyl sites for hydroxylation is 1. The van der Waals surface area contributed by atoms with Gasteiger partial charge in [-0.25, -0.2) is 9.78 Å². The summed E-state index contributed by atoms with van der Waals surface area (Å²) in [7, 11) is 0. The molecule has 144 valence electrons. The fourth-order valence-corrected chi connectivity index (χ4v) is 3.91. The first-order valence-electron chi connectivity index (χ1n) is 9.49. The van der Waals surface area contributed by atoms with E-state index >= 15 is 0 Å². The molecule has 1 aliphatic rings. The van der Waals surface area contributed by atoms with Crippen LogP contribution in [0.5, 0.6) is 0 Å². The summed E-state index contributed by atoms with van der Waals surface area (Å²) in [5.41, 5.74) is 1.90. The van der Waals surface area contributed by atoms with E-state index < -0.39 is 5.97 Å². The lowest BCUT2D eigenvalue weighted by Crippen LogP contribution is -2.24. The Bertz CT molecular complexity index is 1070. The van der Waals surface area contributed by atoms with Crippen molar-refractivity contribution in [3.05, 3.63) is 69.8 Å². The molecule has 1 aliphatic heterocycles. The van der Waals surface area contributed by atoms with Gasteiger partial charge in [0.2, 0.25) is 0 Å². The fraction of sp³-hybridized carbons (Fsp3) is 0.318. The van der Waals surface area contributed by atoms with Gasteiger partial charge in [0.25, 0.3) is 5.56 Å². The average Bonchev–Trinajstić information content (AvgIpc) is 2.98. The van der Waals surface area contributed by atoms with Gasteiger partial charge in [-0.3, -0.25) is 9.36 Å². The Morgan fingerprint density at radius 2 is 1.96 bits per heavy atom. The van der Waals surface area contributed by atoms with Crippen LogP contribution in [0.1, 0.15) is 41.0 Å². The summed E-state index contributed by atoms with van der Waals surface area (Å²) >= 11 is 1.67. The van der Waals surface area contributed by atoms with Crippen molar-refractivity contribution in [1.82, 2.24) is 9.55 Å². The van der Waals surface area contributed by atoms with Gasteiger partial charge in [-0.05, 0) is 55.0 Å². The topological polar surface area (TPSA) is 61.2 Å². The highest BCUT2D eigenvalue weighted by Gasteiger charge is 2.16. The highest BCUT2D eigenvalue weighted by atomic mass is 32.2. The quantitative estimate of drug-likeness (QED) is 0.490. The number of ether oxygens (including phenoxy) is 1. The highest BCUT2D eigenvalue weighted by molar-refractivity contribution is 7.98. The van der Waals surface area contributed by atoms with Gasteiger partial charge in [-0.1, -0.05) is 18.6 Å². The molecule has 1 aromatic heterocycles. The molecule has 2 aromatic carbocycles. The first-order chi connectivity index (χ1) is 13.7. The number of aromatic nitrogens is 2. The summed E-state index contributed by atoms with van der Waals surface area (Å²) in [5, 5.41) is 0.551. The molecule has 28 heavy (non-hydrogen) atoms. The summed E-state index contributed by atoms with van der Waals surface area (Å²) < 4.78 is 7.23. The van der Waals surface area contributed by atoms with Crippen molar-refractivity contribution < 1.29 is 9.53 Å². The van der Waals surface area contributed by atoms with E-state index in [0.717, 1.165) is 43.6 Å². The predicted molar refractivity (Wildman–Crippen MR) is 111 cm³/mol. The molecule has 0 spiro atoms. The zero-order chi connectivity index (χ0) is 19.5. The van der Waals surface area contributed by atoms with Gasteiger partial charge in [-0.2, -0.15) is 0 Å². The largest absolute Gasteiger partial charge is 0.457 e. The van der Waals surface area contributed by atoms with Crippen molar-refractivity contribution in [2.24, 2.45) is 0 Å². The van der Waals surface area contributed by atoms with Crippen LogP contribution >= 0.6 is 11.8 Å². The normalized spacial score (nSPS) is 13.8. The number of hydrogen-bond donors (Lipinski definition) is 0. The molecule has 0 fully saturated rings. The Balaban J connectivity index is 1.56. The first kappa shape index (κ1) is 18.7. The van der Waals surface area contributed by atoms with Crippen LogP contribution in [-0.2, 0) is 24.3 Å². The third-order valence-electron chi connectivity index (χ3n) is 5.08. The number of carbonyl (C=O) groups is 1.